The fourth-order valence-corrected chi connectivity index (χ4v) is 5.25. The van der Waals surface area contributed by atoms with Gasteiger partial charge in [0.15, 0.2) is 0 Å². The Morgan fingerprint density at radius 2 is 0.786 bits per heavy atom. The number of nitrogens with zero attached hydrogens (tertiary/aromatic N) is 4. The summed E-state index contributed by atoms with van der Waals surface area (Å²) in [6, 6.07) is 52.2. The molecule has 0 saturated heterocycles. The van der Waals surface area contributed by atoms with E-state index in [0.717, 1.165) is 62.1 Å². The Balaban J connectivity index is 1.58. The largest absolute Gasteiger partial charge is 0.255 e. The second kappa shape index (κ2) is 11.4. The second-order valence-corrected chi connectivity index (χ2v) is 9.97. The van der Waals surface area contributed by atoms with Crippen molar-refractivity contribution in [3.63, 3.8) is 0 Å². The minimum Gasteiger partial charge on any atom is -0.255 e. The first-order chi connectivity index (χ1) is 20.8. The van der Waals surface area contributed by atoms with Crippen molar-refractivity contribution in [2.24, 2.45) is 0 Å². The van der Waals surface area contributed by atoms with Crippen molar-refractivity contribution in [2.45, 2.75) is 0 Å². The van der Waals surface area contributed by atoms with E-state index < -0.39 is 0 Å². The summed E-state index contributed by atoms with van der Waals surface area (Å²) in [6.45, 7) is 0. The highest BCUT2D eigenvalue weighted by atomic mass is 15.0. The van der Waals surface area contributed by atoms with Gasteiger partial charge in [-0.1, -0.05) is 78.9 Å². The molecule has 198 valence electrons. The third-order valence-corrected chi connectivity index (χ3v) is 7.24. The molecule has 0 unspecified atom stereocenters. The third-order valence-electron chi connectivity index (χ3n) is 7.24. The molecule has 0 amide bonds. The molecule has 0 fully saturated rings. The van der Waals surface area contributed by atoms with Gasteiger partial charge in [-0.2, -0.15) is 4.57 Å². The summed E-state index contributed by atoms with van der Waals surface area (Å²) < 4.78 is 2.33. The first-order valence-electron chi connectivity index (χ1n) is 14.0. The topological polar surface area (TPSA) is 42.5 Å². The maximum absolute atomic E-state index is 5.03. The lowest BCUT2D eigenvalue weighted by Gasteiger charge is -2.14. The molecule has 3 aromatic carbocycles. The molecule has 0 aliphatic rings. The van der Waals surface area contributed by atoms with Crippen LogP contribution in [0, 0.1) is 0 Å². The second-order valence-electron chi connectivity index (χ2n) is 9.97. The van der Waals surface area contributed by atoms with Crippen molar-refractivity contribution in [1.82, 2.24) is 15.0 Å². The molecule has 4 nitrogen and oxygen atoms in total. The van der Waals surface area contributed by atoms with Crippen LogP contribution in [0.25, 0.3) is 62.1 Å². The van der Waals surface area contributed by atoms with Crippen LogP contribution in [0.3, 0.4) is 0 Å². The van der Waals surface area contributed by atoms with E-state index in [1.165, 1.54) is 0 Å². The standard InChI is InChI=1S/C38H27N4/c1-4-14-28(15-5-1)31-24-37(29-16-6-2-7-17-29)42(38(25-31)30-18-8-3-9-19-30)32-26-35(33-20-10-12-22-39-33)41-36(27-32)34-21-11-13-23-40-34/h1-27H/q+1. The van der Waals surface area contributed by atoms with E-state index in [1.807, 2.05) is 36.4 Å². The molecule has 0 N–H and O–H groups in total. The van der Waals surface area contributed by atoms with Crippen LogP contribution in [0.4, 0.5) is 0 Å². The Hall–Kier alpha value is -5.74. The van der Waals surface area contributed by atoms with Crippen LogP contribution in [0.5, 0.6) is 0 Å². The highest BCUT2D eigenvalue weighted by Gasteiger charge is 2.26. The molecule has 0 radical (unpaired) electrons. The van der Waals surface area contributed by atoms with Gasteiger partial charge in [0, 0.05) is 47.8 Å². The highest BCUT2D eigenvalue weighted by molar-refractivity contribution is 5.75. The predicted octanol–water partition coefficient (Wildman–Crippen LogP) is 8.48. The molecule has 4 aromatic heterocycles. The van der Waals surface area contributed by atoms with Gasteiger partial charge in [-0.3, -0.25) is 9.97 Å². The average molecular weight is 540 g/mol. The molecule has 0 aliphatic heterocycles. The van der Waals surface area contributed by atoms with Crippen LogP contribution in [0.2, 0.25) is 0 Å². The highest BCUT2D eigenvalue weighted by Crippen LogP contribution is 2.32. The minimum atomic E-state index is 0.784. The first kappa shape index (κ1) is 25.2. The van der Waals surface area contributed by atoms with E-state index in [2.05, 4.69) is 130 Å². The van der Waals surface area contributed by atoms with Gasteiger partial charge in [0.05, 0.1) is 22.8 Å². The predicted molar refractivity (Wildman–Crippen MR) is 169 cm³/mol. The van der Waals surface area contributed by atoms with Gasteiger partial charge in [-0.15, -0.1) is 0 Å². The molecule has 4 heteroatoms. The Morgan fingerprint density at radius 3 is 1.21 bits per heavy atom. The monoisotopic (exact) mass is 539 g/mol. The molecular weight excluding hydrogens is 512 g/mol. The fraction of sp³-hybridized carbons (Fsp3) is 0. The summed E-state index contributed by atoms with van der Waals surface area (Å²) in [7, 11) is 0. The summed E-state index contributed by atoms with van der Waals surface area (Å²) in [6.07, 6.45) is 3.60. The molecule has 0 aliphatic carbocycles. The number of aromatic nitrogens is 4. The summed E-state index contributed by atoms with van der Waals surface area (Å²) >= 11 is 0. The third kappa shape index (κ3) is 5.09. The maximum atomic E-state index is 5.03. The molecule has 42 heavy (non-hydrogen) atoms. The maximum Gasteiger partial charge on any atom is 0.219 e. The molecule has 0 spiro atoms. The first-order valence-corrected chi connectivity index (χ1v) is 14.0. The summed E-state index contributed by atoms with van der Waals surface area (Å²) in [4.78, 5) is 14.3. The lowest BCUT2D eigenvalue weighted by atomic mass is 9.98. The minimum absolute atomic E-state index is 0.784. The van der Waals surface area contributed by atoms with Crippen molar-refractivity contribution in [1.29, 1.82) is 0 Å². The van der Waals surface area contributed by atoms with E-state index in [-0.39, 0.29) is 0 Å². The van der Waals surface area contributed by atoms with Crippen LogP contribution >= 0.6 is 0 Å². The Morgan fingerprint density at radius 1 is 0.357 bits per heavy atom. The van der Waals surface area contributed by atoms with Crippen LogP contribution in [0.15, 0.2) is 164 Å². The van der Waals surface area contributed by atoms with Crippen molar-refractivity contribution < 1.29 is 4.57 Å². The molecule has 7 rings (SSSR count). The lowest BCUT2D eigenvalue weighted by Crippen LogP contribution is -2.36. The Kier molecular flexibility index (Phi) is 6.85. The van der Waals surface area contributed by atoms with Crippen LogP contribution in [-0.2, 0) is 0 Å². The zero-order chi connectivity index (χ0) is 28.1. The normalized spacial score (nSPS) is 10.9. The van der Waals surface area contributed by atoms with E-state index in [4.69, 9.17) is 4.98 Å². The van der Waals surface area contributed by atoms with Crippen LogP contribution in [-0.4, -0.2) is 15.0 Å². The number of hydrogen-bond acceptors (Lipinski definition) is 3. The van der Waals surface area contributed by atoms with Crippen LogP contribution in [0.1, 0.15) is 0 Å². The summed E-state index contributed by atoms with van der Waals surface area (Å²) in [5.74, 6) is 0. The van der Waals surface area contributed by atoms with E-state index in [9.17, 15) is 0 Å². The van der Waals surface area contributed by atoms with Crippen LogP contribution < -0.4 is 4.57 Å². The van der Waals surface area contributed by atoms with E-state index >= 15 is 0 Å². The van der Waals surface area contributed by atoms with Gasteiger partial charge >= 0.3 is 0 Å². The quantitative estimate of drug-likeness (QED) is 0.199. The van der Waals surface area contributed by atoms with Gasteiger partial charge in [0.2, 0.25) is 17.1 Å². The SMILES string of the molecule is c1ccc(-c2cc(-c3ccccc3)[n+](-c3cc(-c4ccccn4)nc(-c4ccccn4)c3)c(-c3ccccc3)c2)cc1. The molecular formula is C38H27N4+. The van der Waals surface area contributed by atoms with Gasteiger partial charge in [0.1, 0.15) is 0 Å². The Bertz CT molecular complexity index is 1820. The average Bonchev–Trinajstić information content (AvgIpc) is 3.09. The molecule has 0 bridgehead atoms. The number of benzene rings is 3. The van der Waals surface area contributed by atoms with Crippen molar-refractivity contribution in [3.05, 3.63) is 164 Å². The smallest absolute Gasteiger partial charge is 0.219 e. The molecule has 0 atom stereocenters. The molecule has 0 saturated carbocycles. The van der Waals surface area contributed by atoms with Gasteiger partial charge < -0.3 is 0 Å². The summed E-state index contributed by atoms with van der Waals surface area (Å²) in [5, 5.41) is 0. The molecule has 4 heterocycles. The van der Waals surface area contributed by atoms with Gasteiger partial charge in [-0.25, -0.2) is 4.98 Å². The van der Waals surface area contributed by atoms with Gasteiger partial charge in [0.25, 0.3) is 0 Å². The molecule has 7 aromatic rings. The number of hydrogen-bond donors (Lipinski definition) is 0. The van der Waals surface area contributed by atoms with E-state index in [0.29, 0.717) is 0 Å². The van der Waals surface area contributed by atoms with Crippen molar-refractivity contribution in [3.8, 4) is 62.1 Å². The fourth-order valence-electron chi connectivity index (χ4n) is 5.25. The zero-order valence-electron chi connectivity index (χ0n) is 22.9. The summed E-state index contributed by atoms with van der Waals surface area (Å²) in [5.41, 5.74) is 10.8. The number of pyridine rings is 4. The van der Waals surface area contributed by atoms with Crippen molar-refractivity contribution in [2.75, 3.05) is 0 Å². The number of rotatable bonds is 6. The lowest BCUT2D eigenvalue weighted by molar-refractivity contribution is -0.572. The van der Waals surface area contributed by atoms with E-state index in [1.54, 1.807) is 12.4 Å². The van der Waals surface area contributed by atoms with Gasteiger partial charge in [-0.05, 0) is 59.7 Å². The Labute approximate surface area is 245 Å². The zero-order valence-corrected chi connectivity index (χ0v) is 22.9. The van der Waals surface area contributed by atoms with Crippen molar-refractivity contribution >= 4 is 0 Å².